The van der Waals surface area contributed by atoms with E-state index in [2.05, 4.69) is 6.58 Å². The highest BCUT2D eigenvalue weighted by atomic mass is 16.5. The van der Waals surface area contributed by atoms with Gasteiger partial charge in [0.2, 0.25) is 0 Å². The van der Waals surface area contributed by atoms with Gasteiger partial charge in [-0.25, -0.2) is 4.79 Å². The zero-order chi connectivity index (χ0) is 11.3. The molecule has 2 N–H and O–H groups in total. The molecule has 15 heavy (non-hydrogen) atoms. The predicted octanol–water partition coefficient (Wildman–Crippen LogP) is 2.17. The molecule has 3 heteroatoms. The first-order valence-electron chi connectivity index (χ1n) is 4.86. The molecule has 0 saturated heterocycles. The third-order valence-corrected chi connectivity index (χ3v) is 2.06. The number of allylic oxidation sites excluding steroid dienone is 1. The van der Waals surface area contributed by atoms with Crippen LogP contribution >= 0.6 is 0 Å². The summed E-state index contributed by atoms with van der Waals surface area (Å²) < 4.78 is 4.94. The van der Waals surface area contributed by atoms with Crippen molar-refractivity contribution in [3.05, 3.63) is 42.0 Å². The van der Waals surface area contributed by atoms with Crippen LogP contribution in [-0.4, -0.2) is 12.6 Å². The maximum Gasteiger partial charge on any atom is 0.338 e. The highest BCUT2D eigenvalue weighted by molar-refractivity contribution is 5.92. The zero-order valence-corrected chi connectivity index (χ0v) is 8.82. The van der Waals surface area contributed by atoms with Crippen molar-refractivity contribution >= 4 is 11.7 Å². The van der Waals surface area contributed by atoms with Crippen molar-refractivity contribution < 1.29 is 9.53 Å². The van der Waals surface area contributed by atoms with E-state index in [1.54, 1.807) is 31.2 Å². The molecule has 0 spiro atoms. The van der Waals surface area contributed by atoms with Crippen LogP contribution < -0.4 is 5.73 Å². The Morgan fingerprint density at radius 1 is 1.60 bits per heavy atom. The monoisotopic (exact) mass is 205 g/mol. The molecule has 0 amide bonds. The summed E-state index contributed by atoms with van der Waals surface area (Å²) >= 11 is 0. The summed E-state index contributed by atoms with van der Waals surface area (Å²) in [5.41, 5.74) is 7.69. The van der Waals surface area contributed by atoms with Crippen molar-refractivity contribution in [2.24, 2.45) is 0 Å². The number of anilines is 1. The van der Waals surface area contributed by atoms with Crippen molar-refractivity contribution in [1.82, 2.24) is 0 Å². The van der Waals surface area contributed by atoms with Gasteiger partial charge in [-0.15, -0.1) is 6.58 Å². The summed E-state index contributed by atoms with van der Waals surface area (Å²) in [6.07, 6.45) is 2.29. The molecule has 0 radical (unpaired) electrons. The molecule has 0 heterocycles. The normalized spacial score (nSPS) is 9.67. The number of esters is 1. The van der Waals surface area contributed by atoms with E-state index >= 15 is 0 Å². The van der Waals surface area contributed by atoms with Gasteiger partial charge in [-0.05, 0) is 31.0 Å². The summed E-state index contributed by atoms with van der Waals surface area (Å²) in [7, 11) is 0. The van der Waals surface area contributed by atoms with Crippen LogP contribution in [-0.2, 0) is 11.2 Å². The molecule has 1 aromatic rings. The maximum absolute atomic E-state index is 11.6. The van der Waals surface area contributed by atoms with Crippen LogP contribution in [0.1, 0.15) is 22.8 Å². The first kappa shape index (κ1) is 11.3. The second-order valence-corrected chi connectivity index (χ2v) is 3.09. The number of nitrogen functional groups attached to an aromatic ring is 1. The Bertz CT molecular complexity index is 372. The minimum Gasteiger partial charge on any atom is -0.462 e. The number of nitrogens with two attached hydrogens (primary N) is 1. The molecule has 0 aliphatic rings. The molecule has 3 nitrogen and oxygen atoms in total. The number of hydrogen-bond donors (Lipinski definition) is 1. The topological polar surface area (TPSA) is 52.3 Å². The van der Waals surface area contributed by atoms with Gasteiger partial charge in [0.1, 0.15) is 0 Å². The molecule has 0 unspecified atom stereocenters. The van der Waals surface area contributed by atoms with Gasteiger partial charge in [-0.3, -0.25) is 0 Å². The first-order chi connectivity index (χ1) is 7.20. The van der Waals surface area contributed by atoms with E-state index in [4.69, 9.17) is 10.5 Å². The van der Waals surface area contributed by atoms with Crippen molar-refractivity contribution in [2.45, 2.75) is 13.3 Å². The van der Waals surface area contributed by atoms with Crippen LogP contribution in [0.3, 0.4) is 0 Å². The third-order valence-electron chi connectivity index (χ3n) is 2.06. The summed E-state index contributed by atoms with van der Waals surface area (Å²) in [5.74, 6) is -0.332. The highest BCUT2D eigenvalue weighted by Crippen LogP contribution is 2.19. The van der Waals surface area contributed by atoms with Gasteiger partial charge in [0.25, 0.3) is 0 Å². The number of carbonyl (C=O) groups is 1. The van der Waals surface area contributed by atoms with Crippen molar-refractivity contribution in [3.63, 3.8) is 0 Å². The van der Waals surface area contributed by atoms with E-state index in [9.17, 15) is 4.79 Å². The van der Waals surface area contributed by atoms with E-state index in [-0.39, 0.29) is 5.97 Å². The fourth-order valence-electron chi connectivity index (χ4n) is 1.38. The molecule has 0 bridgehead atoms. The van der Waals surface area contributed by atoms with Crippen LogP contribution in [0.5, 0.6) is 0 Å². The molecule has 1 rings (SSSR count). The summed E-state index contributed by atoms with van der Waals surface area (Å²) in [4.78, 5) is 11.6. The second kappa shape index (κ2) is 5.20. The number of ether oxygens (including phenoxy) is 1. The fourth-order valence-corrected chi connectivity index (χ4v) is 1.38. The van der Waals surface area contributed by atoms with E-state index < -0.39 is 0 Å². The molecule has 80 valence electrons. The average molecular weight is 205 g/mol. The summed E-state index contributed by atoms with van der Waals surface area (Å²) in [5, 5.41) is 0. The van der Waals surface area contributed by atoms with Crippen LogP contribution in [0.25, 0.3) is 0 Å². The van der Waals surface area contributed by atoms with Crippen molar-refractivity contribution in [1.29, 1.82) is 0 Å². The lowest BCUT2D eigenvalue weighted by Gasteiger charge is -2.09. The van der Waals surface area contributed by atoms with E-state index in [0.29, 0.717) is 24.3 Å². The van der Waals surface area contributed by atoms with Crippen LogP contribution in [0.15, 0.2) is 30.9 Å². The molecular formula is C12H15NO2. The quantitative estimate of drug-likeness (QED) is 0.465. The standard InChI is InChI=1S/C12H15NO2/c1-3-6-9-10(12(14)15-4-2)7-5-8-11(9)13/h3,5,7-8H,1,4,6,13H2,2H3. The average Bonchev–Trinajstić information content (AvgIpc) is 2.21. The predicted molar refractivity (Wildman–Crippen MR) is 60.7 cm³/mol. The van der Waals surface area contributed by atoms with Crippen LogP contribution in [0.2, 0.25) is 0 Å². The summed E-state index contributed by atoms with van der Waals surface area (Å²) in [6.45, 7) is 5.77. The first-order valence-corrected chi connectivity index (χ1v) is 4.86. The van der Waals surface area contributed by atoms with E-state index in [1.807, 2.05) is 0 Å². The number of hydrogen-bond acceptors (Lipinski definition) is 3. The highest BCUT2D eigenvalue weighted by Gasteiger charge is 2.13. The van der Waals surface area contributed by atoms with E-state index in [1.165, 1.54) is 0 Å². The number of carbonyl (C=O) groups excluding carboxylic acids is 1. The van der Waals surface area contributed by atoms with Gasteiger partial charge in [-0.1, -0.05) is 12.1 Å². The van der Waals surface area contributed by atoms with Gasteiger partial charge in [0.15, 0.2) is 0 Å². The molecule has 0 atom stereocenters. The second-order valence-electron chi connectivity index (χ2n) is 3.09. The molecule has 1 aromatic carbocycles. The molecule has 0 aliphatic heterocycles. The van der Waals surface area contributed by atoms with E-state index in [0.717, 1.165) is 5.56 Å². The minimum atomic E-state index is -0.332. The lowest BCUT2D eigenvalue weighted by atomic mass is 10.0. The Kier molecular flexibility index (Phi) is 3.92. The Balaban J connectivity index is 3.10. The van der Waals surface area contributed by atoms with Gasteiger partial charge >= 0.3 is 5.97 Å². The largest absolute Gasteiger partial charge is 0.462 e. The maximum atomic E-state index is 11.6. The van der Waals surface area contributed by atoms with Crippen molar-refractivity contribution in [3.8, 4) is 0 Å². The molecule has 0 aromatic heterocycles. The minimum absolute atomic E-state index is 0.332. The van der Waals surface area contributed by atoms with Gasteiger partial charge < -0.3 is 10.5 Å². The van der Waals surface area contributed by atoms with Gasteiger partial charge in [-0.2, -0.15) is 0 Å². The number of rotatable bonds is 4. The Hall–Kier alpha value is -1.77. The molecular weight excluding hydrogens is 190 g/mol. The lowest BCUT2D eigenvalue weighted by molar-refractivity contribution is 0.0525. The van der Waals surface area contributed by atoms with Gasteiger partial charge in [0, 0.05) is 5.69 Å². The zero-order valence-electron chi connectivity index (χ0n) is 8.82. The third kappa shape index (κ3) is 2.59. The van der Waals surface area contributed by atoms with Crippen molar-refractivity contribution in [2.75, 3.05) is 12.3 Å². The SMILES string of the molecule is C=CCc1c(N)cccc1C(=O)OCC. The Morgan fingerprint density at radius 3 is 2.93 bits per heavy atom. The summed E-state index contributed by atoms with van der Waals surface area (Å²) in [6, 6.07) is 5.23. The molecule has 0 saturated carbocycles. The van der Waals surface area contributed by atoms with Gasteiger partial charge in [0.05, 0.1) is 12.2 Å². The van der Waals surface area contributed by atoms with Crippen LogP contribution in [0.4, 0.5) is 5.69 Å². The lowest BCUT2D eigenvalue weighted by Crippen LogP contribution is -2.09. The van der Waals surface area contributed by atoms with Crippen LogP contribution in [0, 0.1) is 0 Å². The Morgan fingerprint density at radius 2 is 2.33 bits per heavy atom. The number of benzene rings is 1. The molecule has 0 aliphatic carbocycles. The molecule has 0 fully saturated rings. The fraction of sp³-hybridized carbons (Fsp3) is 0.250. The Labute approximate surface area is 89.5 Å². The smallest absolute Gasteiger partial charge is 0.338 e.